The van der Waals surface area contributed by atoms with Gasteiger partial charge in [0.15, 0.2) is 5.65 Å². The second-order valence-corrected chi connectivity index (χ2v) is 4.85. The molecular formula is C14H20N4O3. The summed E-state index contributed by atoms with van der Waals surface area (Å²) >= 11 is 0. The summed E-state index contributed by atoms with van der Waals surface area (Å²) in [7, 11) is 3.65. The summed E-state index contributed by atoms with van der Waals surface area (Å²) in [6.45, 7) is 5.56. The van der Waals surface area contributed by atoms with Gasteiger partial charge in [0.1, 0.15) is 5.56 Å². The summed E-state index contributed by atoms with van der Waals surface area (Å²) in [4.78, 5) is 17.6. The molecule has 2 aromatic heterocycles. The molecule has 0 spiro atoms. The minimum atomic E-state index is -0.995. The maximum atomic E-state index is 11.5. The van der Waals surface area contributed by atoms with Gasteiger partial charge in [-0.3, -0.25) is 4.68 Å². The number of anilines is 1. The zero-order valence-electron chi connectivity index (χ0n) is 12.8. The number of rotatable bonds is 6. The molecule has 0 radical (unpaired) electrons. The van der Waals surface area contributed by atoms with Crippen molar-refractivity contribution in [1.29, 1.82) is 0 Å². The van der Waals surface area contributed by atoms with E-state index >= 15 is 0 Å². The molecule has 2 aromatic rings. The lowest BCUT2D eigenvalue weighted by molar-refractivity contribution is 0.0697. The molecule has 21 heavy (non-hydrogen) atoms. The molecule has 0 aliphatic heterocycles. The average Bonchev–Trinajstić information content (AvgIpc) is 2.73. The van der Waals surface area contributed by atoms with Crippen LogP contribution in [0.4, 0.5) is 5.69 Å². The number of aromatic nitrogens is 3. The fourth-order valence-corrected chi connectivity index (χ4v) is 2.40. The van der Waals surface area contributed by atoms with Gasteiger partial charge >= 0.3 is 5.97 Å². The molecule has 0 aliphatic rings. The SMILES string of the molecule is CCOCCN(C)c1c(C(=O)O)cnc2c1c(C)nn2C. The Balaban J connectivity index is 2.56. The highest BCUT2D eigenvalue weighted by Crippen LogP contribution is 2.31. The van der Waals surface area contributed by atoms with Gasteiger partial charge in [0.25, 0.3) is 0 Å². The van der Waals surface area contributed by atoms with Crippen LogP contribution in [0.2, 0.25) is 0 Å². The molecule has 0 atom stereocenters. The van der Waals surface area contributed by atoms with Gasteiger partial charge in [0.2, 0.25) is 0 Å². The Morgan fingerprint density at radius 3 is 2.86 bits per heavy atom. The number of carboxylic acids is 1. The number of pyridine rings is 1. The minimum Gasteiger partial charge on any atom is -0.478 e. The van der Waals surface area contributed by atoms with Crippen molar-refractivity contribution in [2.75, 3.05) is 31.7 Å². The topological polar surface area (TPSA) is 80.5 Å². The summed E-state index contributed by atoms with van der Waals surface area (Å²) < 4.78 is 7.01. The first kappa shape index (κ1) is 15.2. The van der Waals surface area contributed by atoms with Crippen LogP contribution in [0.1, 0.15) is 23.0 Å². The smallest absolute Gasteiger partial charge is 0.339 e. The third kappa shape index (κ3) is 2.82. The Hall–Kier alpha value is -2.15. The van der Waals surface area contributed by atoms with Crippen LogP contribution >= 0.6 is 0 Å². The summed E-state index contributed by atoms with van der Waals surface area (Å²) in [5, 5.41) is 14.5. The lowest BCUT2D eigenvalue weighted by Crippen LogP contribution is -2.25. The highest BCUT2D eigenvalue weighted by atomic mass is 16.5. The third-order valence-electron chi connectivity index (χ3n) is 3.39. The number of carbonyl (C=O) groups is 1. The number of ether oxygens (including phenoxy) is 1. The second-order valence-electron chi connectivity index (χ2n) is 4.85. The predicted octanol–water partition coefficient (Wildman–Crippen LogP) is 1.45. The number of likely N-dealkylation sites (N-methyl/N-ethyl adjacent to an activating group) is 1. The first-order valence-corrected chi connectivity index (χ1v) is 6.81. The van der Waals surface area contributed by atoms with Crippen LogP contribution in [0.25, 0.3) is 11.0 Å². The number of carboxylic acid groups (broad SMARTS) is 1. The van der Waals surface area contributed by atoms with Gasteiger partial charge in [0, 0.05) is 33.4 Å². The first-order valence-electron chi connectivity index (χ1n) is 6.81. The van der Waals surface area contributed by atoms with E-state index in [1.54, 1.807) is 11.7 Å². The maximum absolute atomic E-state index is 11.5. The Labute approximate surface area is 123 Å². The quantitative estimate of drug-likeness (QED) is 0.812. The number of hydrogen-bond acceptors (Lipinski definition) is 5. The number of hydrogen-bond donors (Lipinski definition) is 1. The average molecular weight is 292 g/mol. The van der Waals surface area contributed by atoms with Gasteiger partial charge in [-0.25, -0.2) is 9.78 Å². The van der Waals surface area contributed by atoms with Crippen molar-refractivity contribution < 1.29 is 14.6 Å². The molecule has 0 unspecified atom stereocenters. The van der Waals surface area contributed by atoms with Crippen LogP contribution in [0.3, 0.4) is 0 Å². The Morgan fingerprint density at radius 1 is 1.52 bits per heavy atom. The fourth-order valence-electron chi connectivity index (χ4n) is 2.40. The molecule has 1 N–H and O–H groups in total. The lowest BCUT2D eigenvalue weighted by atomic mass is 10.1. The Kier molecular flexibility index (Phi) is 4.42. The normalized spacial score (nSPS) is 11.0. The maximum Gasteiger partial charge on any atom is 0.339 e. The first-order chi connectivity index (χ1) is 9.97. The molecule has 0 aromatic carbocycles. The number of fused-ring (bicyclic) bond motifs is 1. The van der Waals surface area contributed by atoms with E-state index < -0.39 is 5.97 Å². The molecule has 7 heteroatoms. The van der Waals surface area contributed by atoms with E-state index in [1.807, 2.05) is 25.8 Å². The minimum absolute atomic E-state index is 0.178. The molecule has 0 bridgehead atoms. The standard InChI is InChI=1S/C14H20N4O3/c1-5-21-7-6-17(3)12-10(14(19)20)8-15-13-11(12)9(2)16-18(13)4/h8H,5-7H2,1-4H3,(H,19,20). The highest BCUT2D eigenvalue weighted by Gasteiger charge is 2.21. The number of aryl methyl sites for hydroxylation is 2. The van der Waals surface area contributed by atoms with Crippen LogP contribution in [0, 0.1) is 6.92 Å². The summed E-state index contributed by atoms with van der Waals surface area (Å²) in [6.07, 6.45) is 1.39. The highest BCUT2D eigenvalue weighted by molar-refractivity contribution is 6.04. The molecule has 2 heterocycles. The number of nitrogens with zero attached hydrogens (tertiary/aromatic N) is 4. The monoisotopic (exact) mass is 292 g/mol. The zero-order valence-corrected chi connectivity index (χ0v) is 12.8. The van der Waals surface area contributed by atoms with Gasteiger partial charge in [-0.05, 0) is 13.8 Å². The predicted molar refractivity (Wildman–Crippen MR) is 80.0 cm³/mol. The van der Waals surface area contributed by atoms with Crippen molar-refractivity contribution in [3.05, 3.63) is 17.5 Å². The van der Waals surface area contributed by atoms with Crippen LogP contribution in [-0.2, 0) is 11.8 Å². The number of aromatic carboxylic acids is 1. The van der Waals surface area contributed by atoms with Crippen molar-refractivity contribution in [3.8, 4) is 0 Å². The van der Waals surface area contributed by atoms with Crippen molar-refractivity contribution in [2.24, 2.45) is 7.05 Å². The van der Waals surface area contributed by atoms with Crippen molar-refractivity contribution >= 4 is 22.7 Å². The van der Waals surface area contributed by atoms with Gasteiger partial charge in [-0.1, -0.05) is 0 Å². The summed E-state index contributed by atoms with van der Waals surface area (Å²) in [5.41, 5.74) is 2.26. The largest absolute Gasteiger partial charge is 0.478 e. The summed E-state index contributed by atoms with van der Waals surface area (Å²) in [6, 6.07) is 0. The van der Waals surface area contributed by atoms with Gasteiger partial charge < -0.3 is 14.7 Å². The van der Waals surface area contributed by atoms with E-state index in [2.05, 4.69) is 10.1 Å². The summed E-state index contributed by atoms with van der Waals surface area (Å²) in [5.74, 6) is -0.995. The van der Waals surface area contributed by atoms with Crippen molar-refractivity contribution in [2.45, 2.75) is 13.8 Å². The Morgan fingerprint density at radius 2 is 2.24 bits per heavy atom. The van der Waals surface area contributed by atoms with E-state index in [4.69, 9.17) is 4.74 Å². The van der Waals surface area contributed by atoms with Crippen LogP contribution in [0.5, 0.6) is 0 Å². The molecule has 0 saturated heterocycles. The molecule has 0 aliphatic carbocycles. The van der Waals surface area contributed by atoms with Crippen LogP contribution in [0.15, 0.2) is 6.20 Å². The van der Waals surface area contributed by atoms with E-state index in [1.165, 1.54) is 6.20 Å². The Bertz CT molecular complexity index is 666. The molecule has 0 amide bonds. The molecule has 0 saturated carbocycles. The molecular weight excluding hydrogens is 272 g/mol. The van der Waals surface area contributed by atoms with Crippen molar-refractivity contribution in [1.82, 2.24) is 14.8 Å². The van der Waals surface area contributed by atoms with Crippen LogP contribution in [-0.4, -0.2) is 52.6 Å². The van der Waals surface area contributed by atoms with E-state index in [9.17, 15) is 9.90 Å². The van der Waals surface area contributed by atoms with Gasteiger partial charge in [-0.2, -0.15) is 5.10 Å². The second kappa shape index (κ2) is 6.09. The van der Waals surface area contributed by atoms with E-state index in [-0.39, 0.29) is 5.56 Å². The molecule has 0 fully saturated rings. The molecule has 114 valence electrons. The van der Waals surface area contributed by atoms with Gasteiger partial charge in [0.05, 0.1) is 23.4 Å². The van der Waals surface area contributed by atoms with Crippen LogP contribution < -0.4 is 4.90 Å². The molecule has 7 nitrogen and oxygen atoms in total. The zero-order chi connectivity index (χ0) is 15.6. The lowest BCUT2D eigenvalue weighted by Gasteiger charge is -2.22. The van der Waals surface area contributed by atoms with E-state index in [0.29, 0.717) is 31.1 Å². The van der Waals surface area contributed by atoms with E-state index in [0.717, 1.165) is 11.1 Å². The third-order valence-corrected chi connectivity index (χ3v) is 3.39. The molecule has 2 rings (SSSR count). The van der Waals surface area contributed by atoms with Gasteiger partial charge in [-0.15, -0.1) is 0 Å². The van der Waals surface area contributed by atoms with Crippen molar-refractivity contribution in [3.63, 3.8) is 0 Å². The fraction of sp³-hybridized carbons (Fsp3) is 0.500.